The van der Waals surface area contributed by atoms with Crippen molar-refractivity contribution in [3.63, 3.8) is 0 Å². The number of para-hydroxylation sites is 4. The van der Waals surface area contributed by atoms with Crippen LogP contribution in [0.1, 0.15) is 0 Å². The third-order valence-corrected chi connectivity index (χ3v) is 12.3. The predicted molar refractivity (Wildman–Crippen MR) is 263 cm³/mol. The van der Waals surface area contributed by atoms with Gasteiger partial charge in [-0.25, -0.2) is 0 Å². The van der Waals surface area contributed by atoms with Crippen molar-refractivity contribution in [2.45, 2.75) is 0 Å². The van der Waals surface area contributed by atoms with E-state index in [4.69, 9.17) is 8.83 Å². The molecule has 10 aromatic carbocycles. The minimum Gasteiger partial charge on any atom is -0.456 e. The Labute approximate surface area is 365 Å². The minimum atomic E-state index is 0.870. The molecule has 0 saturated carbocycles. The second-order valence-electron chi connectivity index (χ2n) is 16.0. The Hall–Kier alpha value is -8.40. The highest BCUT2D eigenvalue weighted by atomic mass is 16.3. The lowest BCUT2D eigenvalue weighted by Crippen LogP contribution is -2.13. The average molecular weight is 806 g/mol. The van der Waals surface area contributed by atoms with Crippen molar-refractivity contribution in [2.24, 2.45) is 0 Å². The maximum atomic E-state index is 6.71. The van der Waals surface area contributed by atoms with E-state index < -0.39 is 0 Å². The zero-order chi connectivity index (χ0) is 41.7. The van der Waals surface area contributed by atoms with E-state index in [0.29, 0.717) is 0 Å². The smallest absolute Gasteiger partial charge is 0.143 e. The maximum absolute atomic E-state index is 6.71. The Morgan fingerprint density at radius 1 is 0.270 bits per heavy atom. The molecule has 2 aromatic heterocycles. The molecule has 0 N–H and O–H groups in total. The van der Waals surface area contributed by atoms with Gasteiger partial charge in [0.1, 0.15) is 22.3 Å². The lowest BCUT2D eigenvalue weighted by molar-refractivity contribution is 0.669. The summed E-state index contributed by atoms with van der Waals surface area (Å²) in [5.41, 5.74) is 17.9. The van der Waals surface area contributed by atoms with Crippen LogP contribution >= 0.6 is 0 Å². The highest BCUT2D eigenvalue weighted by Crippen LogP contribution is 2.51. The van der Waals surface area contributed by atoms with Gasteiger partial charge in [-0.3, -0.25) is 0 Å². The zero-order valence-electron chi connectivity index (χ0n) is 34.3. The molecule has 0 fully saturated rings. The van der Waals surface area contributed by atoms with E-state index in [9.17, 15) is 0 Å². The monoisotopic (exact) mass is 805 g/mol. The van der Waals surface area contributed by atoms with Gasteiger partial charge in [-0.2, -0.15) is 0 Å². The Morgan fingerprint density at radius 2 is 0.778 bits per heavy atom. The molecule has 296 valence electrons. The van der Waals surface area contributed by atoms with Crippen LogP contribution in [0.15, 0.2) is 245 Å². The van der Waals surface area contributed by atoms with Crippen molar-refractivity contribution < 1.29 is 8.83 Å². The molecule has 3 nitrogen and oxygen atoms in total. The molecule has 0 saturated heterocycles. The van der Waals surface area contributed by atoms with Gasteiger partial charge in [-0.05, 0) is 87.5 Å². The Kier molecular flexibility index (Phi) is 8.83. The topological polar surface area (TPSA) is 29.5 Å². The van der Waals surface area contributed by atoms with Gasteiger partial charge in [0.05, 0.1) is 11.4 Å². The quantitative estimate of drug-likeness (QED) is 0.153. The second-order valence-corrected chi connectivity index (χ2v) is 16.0. The van der Waals surface area contributed by atoms with Gasteiger partial charge in [0.2, 0.25) is 0 Å². The van der Waals surface area contributed by atoms with Gasteiger partial charge in [-0.1, -0.05) is 188 Å². The fourth-order valence-corrected chi connectivity index (χ4v) is 9.41. The van der Waals surface area contributed by atoms with Crippen LogP contribution in [0.4, 0.5) is 17.1 Å². The van der Waals surface area contributed by atoms with Gasteiger partial charge in [0.25, 0.3) is 0 Å². The maximum Gasteiger partial charge on any atom is 0.143 e. The number of fused-ring (bicyclic) bond motifs is 6. The lowest BCUT2D eigenvalue weighted by atomic mass is 9.87. The summed E-state index contributed by atoms with van der Waals surface area (Å²) in [7, 11) is 0. The summed E-state index contributed by atoms with van der Waals surface area (Å²) in [5.74, 6) is 0. The van der Waals surface area contributed by atoms with Gasteiger partial charge >= 0.3 is 0 Å². The Bertz CT molecular complexity index is 3620. The van der Waals surface area contributed by atoms with Crippen molar-refractivity contribution in [2.75, 3.05) is 4.90 Å². The van der Waals surface area contributed by atoms with Gasteiger partial charge < -0.3 is 13.7 Å². The van der Waals surface area contributed by atoms with E-state index in [-0.39, 0.29) is 0 Å². The summed E-state index contributed by atoms with van der Waals surface area (Å²) in [5, 5.41) is 4.45. The van der Waals surface area contributed by atoms with Gasteiger partial charge in [0, 0.05) is 43.9 Å². The normalized spacial score (nSPS) is 11.5. The molecule has 0 aliphatic rings. The standard InChI is InChI=1S/C60H39NO2/c1-3-17-41(18-4-1)45-21-7-8-25-51(45)59-46(42-19-5-2-6-20-42)26-16-30-55(59)61(44-36-33-40(34-37-44)43-35-38-50-48-23-10-13-31-56(48)62-58(50)39-43)54-29-12-9-22-47(54)52-27-15-28-53-49-24-11-14-32-57(49)63-60(52)53/h1-39H. The molecule has 0 aliphatic carbocycles. The molecular formula is C60H39NO2. The summed E-state index contributed by atoms with van der Waals surface area (Å²) in [6, 6.07) is 84.2. The van der Waals surface area contributed by atoms with E-state index >= 15 is 0 Å². The Balaban J connectivity index is 1.11. The molecule has 0 radical (unpaired) electrons. The summed E-state index contributed by atoms with van der Waals surface area (Å²) >= 11 is 0. The number of hydrogen-bond acceptors (Lipinski definition) is 3. The lowest BCUT2D eigenvalue weighted by Gasteiger charge is -2.31. The third kappa shape index (κ3) is 6.29. The largest absolute Gasteiger partial charge is 0.456 e. The first kappa shape index (κ1) is 36.5. The van der Waals surface area contributed by atoms with Crippen LogP contribution in [-0.4, -0.2) is 0 Å². The molecule has 0 amide bonds. The van der Waals surface area contributed by atoms with Crippen molar-refractivity contribution in [3.8, 4) is 55.6 Å². The molecule has 12 aromatic rings. The van der Waals surface area contributed by atoms with Crippen molar-refractivity contribution in [3.05, 3.63) is 237 Å². The summed E-state index contributed by atoms with van der Waals surface area (Å²) in [4.78, 5) is 2.44. The molecule has 63 heavy (non-hydrogen) atoms. The highest BCUT2D eigenvalue weighted by Gasteiger charge is 2.25. The second kappa shape index (κ2) is 15.3. The molecule has 0 spiro atoms. The van der Waals surface area contributed by atoms with Crippen LogP contribution in [0.25, 0.3) is 99.5 Å². The first-order chi connectivity index (χ1) is 31.3. The third-order valence-electron chi connectivity index (χ3n) is 12.3. The van der Waals surface area contributed by atoms with Crippen molar-refractivity contribution in [1.82, 2.24) is 0 Å². The molecule has 0 bridgehead atoms. The number of anilines is 3. The van der Waals surface area contributed by atoms with Crippen LogP contribution < -0.4 is 4.90 Å². The van der Waals surface area contributed by atoms with Crippen LogP contribution in [0, 0.1) is 0 Å². The van der Waals surface area contributed by atoms with Crippen LogP contribution in [-0.2, 0) is 0 Å². The van der Waals surface area contributed by atoms with Crippen LogP contribution in [0.5, 0.6) is 0 Å². The van der Waals surface area contributed by atoms with Crippen molar-refractivity contribution in [1.29, 1.82) is 0 Å². The van der Waals surface area contributed by atoms with Crippen LogP contribution in [0.2, 0.25) is 0 Å². The fraction of sp³-hybridized carbons (Fsp3) is 0. The Morgan fingerprint density at radius 3 is 1.54 bits per heavy atom. The number of furan rings is 2. The summed E-state index contributed by atoms with van der Waals surface area (Å²) < 4.78 is 13.0. The molecular weight excluding hydrogens is 767 g/mol. The molecule has 3 heteroatoms. The number of benzene rings is 10. The van der Waals surface area contributed by atoms with Gasteiger partial charge in [-0.15, -0.1) is 0 Å². The summed E-state index contributed by atoms with van der Waals surface area (Å²) in [6.07, 6.45) is 0. The highest BCUT2D eigenvalue weighted by molar-refractivity contribution is 6.11. The number of rotatable bonds is 8. The van der Waals surface area contributed by atoms with E-state index in [1.165, 1.54) is 5.56 Å². The fourth-order valence-electron chi connectivity index (χ4n) is 9.41. The predicted octanol–water partition coefficient (Wildman–Crippen LogP) is 17.3. The molecule has 0 unspecified atom stereocenters. The van der Waals surface area contributed by atoms with Gasteiger partial charge in [0.15, 0.2) is 0 Å². The number of hydrogen-bond donors (Lipinski definition) is 0. The minimum absolute atomic E-state index is 0.870. The summed E-state index contributed by atoms with van der Waals surface area (Å²) in [6.45, 7) is 0. The van der Waals surface area contributed by atoms with Crippen molar-refractivity contribution >= 4 is 60.9 Å². The van der Waals surface area contributed by atoms with E-state index in [2.05, 4.69) is 223 Å². The SMILES string of the molecule is c1ccc(-c2ccccc2-c2c(-c3ccccc3)cccc2N(c2ccc(-c3ccc4c(c3)oc3ccccc34)cc2)c2ccccc2-c2cccc3c2oc2ccccc23)cc1. The first-order valence-corrected chi connectivity index (χ1v) is 21.4. The number of nitrogens with zero attached hydrogens (tertiary/aromatic N) is 1. The molecule has 12 rings (SSSR count). The molecule has 2 heterocycles. The zero-order valence-corrected chi connectivity index (χ0v) is 34.3. The molecule has 0 aliphatic heterocycles. The van der Waals surface area contributed by atoms with E-state index in [1.54, 1.807) is 0 Å². The van der Waals surface area contributed by atoms with E-state index in [0.717, 1.165) is 111 Å². The average Bonchev–Trinajstić information content (AvgIpc) is 3.93. The molecule has 0 atom stereocenters. The van der Waals surface area contributed by atoms with E-state index in [1.807, 2.05) is 18.2 Å². The van der Waals surface area contributed by atoms with Crippen LogP contribution in [0.3, 0.4) is 0 Å². The first-order valence-electron chi connectivity index (χ1n) is 21.4.